The van der Waals surface area contributed by atoms with E-state index in [-0.39, 0.29) is 0 Å². The van der Waals surface area contributed by atoms with Gasteiger partial charge in [-0.1, -0.05) is 59.6 Å². The van der Waals surface area contributed by atoms with Gasteiger partial charge in [0.2, 0.25) is 0 Å². The average molecular weight is 384 g/mol. The minimum Gasteiger partial charge on any atom is -0.256 e. The fourth-order valence-corrected chi connectivity index (χ4v) is 3.80. The molecule has 1 aliphatic rings. The zero-order chi connectivity index (χ0) is 16.8. The van der Waals surface area contributed by atoms with Crippen LogP contribution in [0.2, 0.25) is 0 Å². The van der Waals surface area contributed by atoms with Crippen LogP contribution in [0.5, 0.6) is 0 Å². The topological polar surface area (TPSA) is 12.9 Å². The average Bonchev–Trinajstić information content (AvgIpc) is 2.63. The van der Waals surface area contributed by atoms with E-state index in [0.29, 0.717) is 5.92 Å². The third-order valence-corrected chi connectivity index (χ3v) is 5.56. The number of hydrogen-bond donors (Lipinski definition) is 0. The minimum atomic E-state index is 0.687. The first kappa shape index (κ1) is 17.4. The monoisotopic (exact) mass is 383 g/mol. The molecule has 24 heavy (non-hydrogen) atoms. The third-order valence-electron chi connectivity index (χ3n) is 5.03. The molecule has 3 rings (SSSR count). The van der Waals surface area contributed by atoms with Crippen LogP contribution in [-0.4, -0.2) is 4.98 Å². The summed E-state index contributed by atoms with van der Waals surface area (Å²) in [6, 6.07) is 12.8. The molecule has 0 bridgehead atoms. The molecule has 126 valence electrons. The molecule has 2 aromatic rings. The molecule has 0 saturated heterocycles. The van der Waals surface area contributed by atoms with E-state index in [1.54, 1.807) is 0 Å². The highest BCUT2D eigenvalue weighted by molar-refractivity contribution is 9.10. The lowest BCUT2D eigenvalue weighted by atomic mass is 9.79. The fourth-order valence-electron chi connectivity index (χ4n) is 3.54. The smallest absolute Gasteiger partial charge is 0.0702 e. The summed E-state index contributed by atoms with van der Waals surface area (Å²) < 4.78 is 1.10. The van der Waals surface area contributed by atoms with Crippen LogP contribution in [0.4, 0.5) is 0 Å². The zero-order valence-electron chi connectivity index (χ0n) is 14.4. The molecule has 1 fully saturated rings. The van der Waals surface area contributed by atoms with Crippen molar-refractivity contribution in [2.45, 2.75) is 51.4 Å². The van der Waals surface area contributed by atoms with E-state index in [9.17, 15) is 0 Å². The van der Waals surface area contributed by atoms with E-state index in [1.807, 2.05) is 0 Å². The molecular formula is C22H26BrN. The molecule has 0 amide bonds. The van der Waals surface area contributed by atoms with E-state index in [2.05, 4.69) is 77.6 Å². The van der Waals surface area contributed by atoms with Gasteiger partial charge < -0.3 is 0 Å². The Balaban J connectivity index is 1.59. The minimum absolute atomic E-state index is 0.687. The predicted octanol–water partition coefficient (Wildman–Crippen LogP) is 7.14. The fraction of sp³-hybridized carbons (Fsp3) is 0.409. The molecular weight excluding hydrogens is 358 g/mol. The second kappa shape index (κ2) is 8.62. The molecule has 1 heterocycles. The highest BCUT2D eigenvalue weighted by Gasteiger charge is 2.21. The number of aromatic nitrogens is 1. The summed E-state index contributed by atoms with van der Waals surface area (Å²) >= 11 is 3.48. The summed E-state index contributed by atoms with van der Waals surface area (Å²) in [4.78, 5) is 4.70. The highest BCUT2D eigenvalue weighted by atomic mass is 79.9. The number of halogens is 1. The molecule has 1 aliphatic carbocycles. The van der Waals surface area contributed by atoms with Gasteiger partial charge >= 0.3 is 0 Å². The Morgan fingerprint density at radius 2 is 1.79 bits per heavy atom. The Hall–Kier alpha value is -1.41. The van der Waals surface area contributed by atoms with Crippen molar-refractivity contribution in [3.63, 3.8) is 0 Å². The van der Waals surface area contributed by atoms with Gasteiger partial charge in [-0.25, -0.2) is 0 Å². The van der Waals surface area contributed by atoms with Crippen LogP contribution < -0.4 is 0 Å². The van der Waals surface area contributed by atoms with Gasteiger partial charge in [-0.05, 0) is 67.7 Å². The van der Waals surface area contributed by atoms with Gasteiger partial charge in [0.15, 0.2) is 0 Å². The van der Waals surface area contributed by atoms with Crippen molar-refractivity contribution in [2.24, 2.45) is 5.92 Å². The number of pyridine rings is 1. The molecule has 0 aliphatic heterocycles. The summed E-state index contributed by atoms with van der Waals surface area (Å²) in [5.41, 5.74) is 3.64. The van der Waals surface area contributed by atoms with Crippen LogP contribution in [0.25, 0.3) is 11.3 Å². The summed E-state index contributed by atoms with van der Waals surface area (Å²) in [6.07, 6.45) is 14.6. The van der Waals surface area contributed by atoms with Crippen molar-refractivity contribution in [1.29, 1.82) is 0 Å². The van der Waals surface area contributed by atoms with Crippen molar-refractivity contribution in [3.05, 3.63) is 64.8 Å². The van der Waals surface area contributed by atoms with E-state index in [4.69, 9.17) is 4.98 Å². The lowest BCUT2D eigenvalue weighted by molar-refractivity contribution is 0.375. The number of unbranched alkanes of at least 4 members (excludes halogenated alkanes) is 1. The lowest BCUT2D eigenvalue weighted by Gasteiger charge is -2.27. The number of rotatable bonds is 5. The van der Waals surface area contributed by atoms with Gasteiger partial charge in [-0.2, -0.15) is 0 Å². The second-order valence-electron chi connectivity index (χ2n) is 6.81. The van der Waals surface area contributed by atoms with Crippen molar-refractivity contribution >= 4 is 15.9 Å². The summed E-state index contributed by atoms with van der Waals surface area (Å²) in [7, 11) is 0. The quantitative estimate of drug-likeness (QED) is 0.499. The Morgan fingerprint density at radius 3 is 2.42 bits per heavy atom. The summed E-state index contributed by atoms with van der Waals surface area (Å²) in [6.45, 7) is 2.24. The first-order valence-corrected chi connectivity index (χ1v) is 9.94. The van der Waals surface area contributed by atoms with E-state index in [1.165, 1.54) is 49.7 Å². The Bertz CT molecular complexity index is 649. The van der Waals surface area contributed by atoms with Crippen LogP contribution in [-0.2, 0) is 0 Å². The van der Waals surface area contributed by atoms with E-state index < -0.39 is 0 Å². The first-order chi connectivity index (χ1) is 11.8. The van der Waals surface area contributed by atoms with Crippen LogP contribution in [0.3, 0.4) is 0 Å². The summed E-state index contributed by atoms with van der Waals surface area (Å²) in [5.74, 6) is 1.48. The Morgan fingerprint density at radius 1 is 1.04 bits per heavy atom. The van der Waals surface area contributed by atoms with E-state index in [0.717, 1.165) is 16.1 Å². The Kier molecular flexibility index (Phi) is 6.25. The van der Waals surface area contributed by atoms with Crippen LogP contribution >= 0.6 is 15.9 Å². The SMILES string of the molecule is CCCC=CC1CCC(c2ccc(-c3ccc(Br)cc3)nc2)CC1. The maximum absolute atomic E-state index is 4.70. The van der Waals surface area contributed by atoms with Gasteiger partial charge in [0, 0.05) is 16.2 Å². The Labute approximate surface area is 154 Å². The third kappa shape index (κ3) is 4.57. The van der Waals surface area contributed by atoms with Gasteiger partial charge in [0.1, 0.15) is 0 Å². The molecule has 0 radical (unpaired) electrons. The van der Waals surface area contributed by atoms with Gasteiger partial charge in [-0.3, -0.25) is 4.98 Å². The number of nitrogens with zero attached hydrogens (tertiary/aromatic N) is 1. The standard InChI is InChI=1S/C22H26BrN/c1-2-3-4-5-17-6-8-18(9-7-17)20-12-15-22(24-16-20)19-10-13-21(23)14-11-19/h4-5,10-18H,2-3,6-9H2,1H3. The lowest BCUT2D eigenvalue weighted by Crippen LogP contribution is -2.12. The molecule has 1 aromatic heterocycles. The molecule has 0 N–H and O–H groups in total. The van der Waals surface area contributed by atoms with Crippen LogP contribution in [0.15, 0.2) is 59.2 Å². The summed E-state index contributed by atoms with van der Waals surface area (Å²) in [5, 5.41) is 0. The van der Waals surface area contributed by atoms with Crippen molar-refractivity contribution in [1.82, 2.24) is 4.98 Å². The van der Waals surface area contributed by atoms with Crippen molar-refractivity contribution in [2.75, 3.05) is 0 Å². The molecule has 2 heteroatoms. The molecule has 1 nitrogen and oxygen atoms in total. The zero-order valence-corrected chi connectivity index (χ0v) is 16.0. The van der Waals surface area contributed by atoms with Crippen LogP contribution in [0, 0.1) is 5.92 Å². The molecule has 0 unspecified atom stereocenters. The van der Waals surface area contributed by atoms with Gasteiger partial charge in [-0.15, -0.1) is 0 Å². The normalized spacial score (nSPS) is 21.2. The predicted molar refractivity (Wildman–Crippen MR) is 106 cm³/mol. The van der Waals surface area contributed by atoms with Crippen molar-refractivity contribution in [3.8, 4) is 11.3 Å². The number of allylic oxidation sites excluding steroid dienone is 2. The maximum atomic E-state index is 4.70. The number of hydrogen-bond acceptors (Lipinski definition) is 1. The molecule has 1 saturated carbocycles. The highest BCUT2D eigenvalue weighted by Crippen LogP contribution is 2.36. The molecule has 0 atom stereocenters. The largest absolute Gasteiger partial charge is 0.256 e. The van der Waals surface area contributed by atoms with Gasteiger partial charge in [0.25, 0.3) is 0 Å². The first-order valence-electron chi connectivity index (χ1n) is 9.15. The number of benzene rings is 1. The van der Waals surface area contributed by atoms with E-state index >= 15 is 0 Å². The second-order valence-corrected chi connectivity index (χ2v) is 7.73. The van der Waals surface area contributed by atoms with Gasteiger partial charge in [0.05, 0.1) is 5.69 Å². The maximum Gasteiger partial charge on any atom is 0.0702 e. The molecule has 0 spiro atoms. The van der Waals surface area contributed by atoms with Crippen molar-refractivity contribution < 1.29 is 0 Å². The van der Waals surface area contributed by atoms with Crippen LogP contribution in [0.1, 0.15) is 56.9 Å². The molecule has 1 aromatic carbocycles.